The number of rotatable bonds is 6. The van der Waals surface area contributed by atoms with Crippen LogP contribution >= 0.6 is 0 Å². The highest BCUT2D eigenvalue weighted by molar-refractivity contribution is 5.92. The number of nitro groups is 1. The normalized spacial score (nSPS) is 10.2. The fourth-order valence-electron chi connectivity index (χ4n) is 1.29. The molecule has 0 atom stereocenters. The molecule has 1 aromatic carbocycles. The van der Waals surface area contributed by atoms with Crippen molar-refractivity contribution in [2.75, 3.05) is 6.54 Å². The lowest BCUT2D eigenvalue weighted by atomic mass is 10.2. The Balaban J connectivity index is 2.44. The van der Waals surface area contributed by atoms with Crippen molar-refractivity contribution in [3.8, 4) is 0 Å². The highest BCUT2D eigenvalue weighted by atomic mass is 16.6. The lowest BCUT2D eigenvalue weighted by molar-refractivity contribution is -0.384. The second-order valence-electron chi connectivity index (χ2n) is 3.76. The predicted molar refractivity (Wildman–Crippen MR) is 69.7 cm³/mol. The molecule has 0 aliphatic heterocycles. The molecule has 3 N–H and O–H groups in total. The summed E-state index contributed by atoms with van der Waals surface area (Å²) in [5, 5.41) is 21.1. The van der Waals surface area contributed by atoms with Crippen molar-refractivity contribution in [2.45, 2.75) is 6.42 Å². The van der Waals surface area contributed by atoms with Crippen LogP contribution in [0.4, 0.5) is 5.69 Å². The first kappa shape index (κ1) is 15.3. The monoisotopic (exact) mass is 279 g/mol. The molecule has 106 valence electrons. The Labute approximate surface area is 114 Å². The maximum atomic E-state index is 11.4. The van der Waals surface area contributed by atoms with E-state index in [1.54, 1.807) is 0 Å². The van der Waals surface area contributed by atoms with Crippen LogP contribution < -0.4 is 10.8 Å². The number of carbonyl (C=O) groups excluding carboxylic acids is 2. The van der Waals surface area contributed by atoms with Gasteiger partial charge in [0, 0.05) is 31.2 Å². The zero-order valence-electron chi connectivity index (χ0n) is 10.4. The fraction of sp³-hybridized carbons (Fsp3) is 0.167. The smallest absolute Gasteiger partial charge is 0.269 e. The van der Waals surface area contributed by atoms with Gasteiger partial charge < -0.3 is 5.32 Å². The average Bonchev–Trinajstić information content (AvgIpc) is 2.45. The Morgan fingerprint density at radius 2 is 1.95 bits per heavy atom. The van der Waals surface area contributed by atoms with Crippen molar-refractivity contribution in [2.24, 2.45) is 0 Å². The van der Waals surface area contributed by atoms with Gasteiger partial charge in [0.05, 0.1) is 4.92 Å². The first-order valence-electron chi connectivity index (χ1n) is 5.66. The molecule has 0 aromatic heterocycles. The van der Waals surface area contributed by atoms with E-state index in [1.807, 2.05) is 0 Å². The van der Waals surface area contributed by atoms with E-state index < -0.39 is 16.7 Å². The molecule has 0 bridgehead atoms. The Hall–Kier alpha value is -2.74. The fourth-order valence-corrected chi connectivity index (χ4v) is 1.29. The summed E-state index contributed by atoms with van der Waals surface area (Å²) >= 11 is 0. The number of benzene rings is 1. The Kier molecular flexibility index (Phi) is 5.85. The van der Waals surface area contributed by atoms with Crippen LogP contribution in [0.1, 0.15) is 12.0 Å². The third-order valence-corrected chi connectivity index (χ3v) is 2.31. The second kappa shape index (κ2) is 7.64. The molecule has 0 heterocycles. The van der Waals surface area contributed by atoms with Crippen LogP contribution in [0.3, 0.4) is 0 Å². The van der Waals surface area contributed by atoms with Crippen molar-refractivity contribution in [3.63, 3.8) is 0 Å². The molecule has 0 aliphatic carbocycles. The summed E-state index contributed by atoms with van der Waals surface area (Å²) < 4.78 is 0. The van der Waals surface area contributed by atoms with Gasteiger partial charge in [-0.25, -0.2) is 5.48 Å². The molecular formula is C12H13N3O5. The largest absolute Gasteiger partial charge is 0.352 e. The SMILES string of the molecule is O=C(/C=C/c1ccc([N+](=O)[O-])cc1)NCCC(=O)NO. The third kappa shape index (κ3) is 5.27. The zero-order chi connectivity index (χ0) is 15.0. The molecule has 0 aliphatic rings. The minimum absolute atomic E-state index is 0.0263. The van der Waals surface area contributed by atoms with Crippen molar-refractivity contribution >= 4 is 23.6 Å². The van der Waals surface area contributed by atoms with Crippen molar-refractivity contribution in [1.82, 2.24) is 10.8 Å². The lowest BCUT2D eigenvalue weighted by Crippen LogP contribution is -2.28. The molecule has 0 spiro atoms. The maximum absolute atomic E-state index is 11.4. The van der Waals surface area contributed by atoms with Gasteiger partial charge in [0.25, 0.3) is 5.69 Å². The van der Waals surface area contributed by atoms with E-state index in [0.29, 0.717) is 5.56 Å². The van der Waals surface area contributed by atoms with Gasteiger partial charge in [-0.2, -0.15) is 0 Å². The number of hydrogen-bond acceptors (Lipinski definition) is 5. The number of carbonyl (C=O) groups is 2. The molecule has 1 rings (SSSR count). The van der Waals surface area contributed by atoms with Crippen molar-refractivity contribution in [1.29, 1.82) is 0 Å². The number of hydroxylamine groups is 1. The van der Waals surface area contributed by atoms with Crippen LogP contribution in [0.15, 0.2) is 30.3 Å². The van der Waals surface area contributed by atoms with E-state index in [4.69, 9.17) is 5.21 Å². The van der Waals surface area contributed by atoms with Gasteiger partial charge in [-0.3, -0.25) is 24.9 Å². The van der Waals surface area contributed by atoms with Crippen LogP contribution in [0.25, 0.3) is 6.08 Å². The van der Waals surface area contributed by atoms with Gasteiger partial charge in [-0.15, -0.1) is 0 Å². The van der Waals surface area contributed by atoms with E-state index in [1.165, 1.54) is 41.9 Å². The molecule has 8 heteroatoms. The molecule has 2 amide bonds. The summed E-state index contributed by atoms with van der Waals surface area (Å²) in [7, 11) is 0. The number of non-ortho nitro benzene ring substituents is 1. The van der Waals surface area contributed by atoms with Crippen molar-refractivity contribution < 1.29 is 19.7 Å². The minimum Gasteiger partial charge on any atom is -0.352 e. The number of amides is 2. The predicted octanol–water partition coefficient (Wildman–Crippen LogP) is 0.620. The molecule has 1 aromatic rings. The molecule has 20 heavy (non-hydrogen) atoms. The van der Waals surface area contributed by atoms with Gasteiger partial charge in [-0.05, 0) is 23.8 Å². The quantitative estimate of drug-likeness (QED) is 0.305. The highest BCUT2D eigenvalue weighted by Gasteiger charge is 2.03. The molecule has 0 saturated heterocycles. The topological polar surface area (TPSA) is 122 Å². The summed E-state index contributed by atoms with van der Waals surface area (Å²) in [6, 6.07) is 5.70. The Morgan fingerprint density at radius 3 is 2.50 bits per heavy atom. The molecule has 0 fully saturated rings. The van der Waals surface area contributed by atoms with Gasteiger partial charge in [0.2, 0.25) is 11.8 Å². The minimum atomic E-state index is -0.593. The van der Waals surface area contributed by atoms with Crippen LogP contribution in [-0.2, 0) is 9.59 Å². The van der Waals surface area contributed by atoms with E-state index in [9.17, 15) is 19.7 Å². The molecule has 0 unspecified atom stereocenters. The lowest BCUT2D eigenvalue weighted by Gasteiger charge is -2.00. The first-order valence-corrected chi connectivity index (χ1v) is 5.66. The molecule has 0 saturated carbocycles. The summed E-state index contributed by atoms with van der Waals surface area (Å²) in [5.74, 6) is -1.00. The molecular weight excluding hydrogens is 266 g/mol. The van der Waals surface area contributed by atoms with Crippen molar-refractivity contribution in [3.05, 3.63) is 46.0 Å². The summed E-state index contributed by atoms with van der Waals surface area (Å²) in [6.07, 6.45) is 2.71. The van der Waals surface area contributed by atoms with E-state index in [2.05, 4.69) is 5.32 Å². The van der Waals surface area contributed by atoms with Gasteiger partial charge in [0.15, 0.2) is 0 Å². The second-order valence-corrected chi connectivity index (χ2v) is 3.76. The number of nitrogens with one attached hydrogen (secondary N) is 2. The molecule has 8 nitrogen and oxygen atoms in total. The van der Waals surface area contributed by atoms with Crippen LogP contribution in [0.5, 0.6) is 0 Å². The summed E-state index contributed by atoms with van der Waals surface area (Å²) in [6.45, 7) is 0.0931. The van der Waals surface area contributed by atoms with Gasteiger partial charge >= 0.3 is 0 Å². The van der Waals surface area contributed by atoms with E-state index in [-0.39, 0.29) is 18.7 Å². The van der Waals surface area contributed by atoms with Gasteiger partial charge in [0.1, 0.15) is 0 Å². The Bertz CT molecular complexity index is 524. The van der Waals surface area contributed by atoms with E-state index >= 15 is 0 Å². The molecule has 0 radical (unpaired) electrons. The van der Waals surface area contributed by atoms with Gasteiger partial charge in [-0.1, -0.05) is 0 Å². The number of nitrogens with zero attached hydrogens (tertiary/aromatic N) is 1. The maximum Gasteiger partial charge on any atom is 0.269 e. The van der Waals surface area contributed by atoms with Crippen LogP contribution in [0, 0.1) is 10.1 Å². The Morgan fingerprint density at radius 1 is 1.30 bits per heavy atom. The van der Waals surface area contributed by atoms with Crippen LogP contribution in [0.2, 0.25) is 0 Å². The van der Waals surface area contributed by atoms with Crippen LogP contribution in [-0.4, -0.2) is 28.5 Å². The number of nitro benzene ring substituents is 1. The number of hydrogen-bond donors (Lipinski definition) is 3. The summed E-state index contributed by atoms with van der Waals surface area (Å²) in [5.41, 5.74) is 2.06. The third-order valence-electron chi connectivity index (χ3n) is 2.31. The standard InChI is InChI=1S/C12H13N3O5/c16-11(13-8-7-12(17)14-18)6-3-9-1-4-10(5-2-9)15(19)20/h1-6,18H,7-8H2,(H,13,16)(H,14,17)/b6-3+. The first-order chi connectivity index (χ1) is 9.52. The summed E-state index contributed by atoms with van der Waals surface area (Å²) in [4.78, 5) is 32.0. The average molecular weight is 279 g/mol. The zero-order valence-corrected chi connectivity index (χ0v) is 10.4. The highest BCUT2D eigenvalue weighted by Crippen LogP contribution is 2.12. The van der Waals surface area contributed by atoms with E-state index in [0.717, 1.165) is 0 Å².